The van der Waals surface area contributed by atoms with Crippen molar-refractivity contribution in [2.75, 3.05) is 20.3 Å². The summed E-state index contributed by atoms with van der Waals surface area (Å²) in [6.07, 6.45) is -0.615. The van der Waals surface area contributed by atoms with Crippen molar-refractivity contribution in [2.24, 2.45) is 10.2 Å². The predicted molar refractivity (Wildman–Crippen MR) is 132 cm³/mol. The number of nitrogens with zero attached hydrogens (tertiary/aromatic N) is 2. The summed E-state index contributed by atoms with van der Waals surface area (Å²) in [5.74, 6) is -1.25. The van der Waals surface area contributed by atoms with Gasteiger partial charge in [0, 0.05) is 18.2 Å². The summed E-state index contributed by atoms with van der Waals surface area (Å²) in [7, 11) is 1.49. The van der Waals surface area contributed by atoms with Gasteiger partial charge in [0.2, 0.25) is 0 Å². The molecule has 2 N–H and O–H groups in total. The fourth-order valence-corrected chi connectivity index (χ4v) is 3.06. The molecule has 0 aromatic heterocycles. The molecule has 1 unspecified atom stereocenters. The summed E-state index contributed by atoms with van der Waals surface area (Å²) >= 11 is 0. The van der Waals surface area contributed by atoms with Crippen molar-refractivity contribution < 1.29 is 34.0 Å². The van der Waals surface area contributed by atoms with E-state index in [0.717, 1.165) is 0 Å². The quantitative estimate of drug-likeness (QED) is 0.162. The number of ether oxygens (including phenoxy) is 3. The molecule has 1 atom stereocenters. The van der Waals surface area contributed by atoms with E-state index in [0.29, 0.717) is 17.0 Å². The van der Waals surface area contributed by atoms with Crippen molar-refractivity contribution in [3.63, 3.8) is 0 Å². The number of azo groups is 1. The number of benzene rings is 3. The summed E-state index contributed by atoms with van der Waals surface area (Å²) in [6, 6.07) is 17.5. The Morgan fingerprint density at radius 1 is 0.944 bits per heavy atom. The minimum atomic E-state index is -0.615. The second-order valence-corrected chi connectivity index (χ2v) is 7.79. The average Bonchev–Trinajstić information content (AvgIpc) is 2.88. The van der Waals surface area contributed by atoms with E-state index in [1.165, 1.54) is 19.2 Å². The number of hydrogen-bond donors (Lipinski definition) is 2. The van der Waals surface area contributed by atoms with Crippen molar-refractivity contribution in [1.82, 2.24) is 0 Å². The molecule has 3 aromatic rings. The Morgan fingerprint density at radius 2 is 1.64 bits per heavy atom. The van der Waals surface area contributed by atoms with E-state index >= 15 is 0 Å². The van der Waals surface area contributed by atoms with Gasteiger partial charge in [0.05, 0.1) is 17.9 Å². The van der Waals surface area contributed by atoms with Crippen molar-refractivity contribution >= 4 is 23.1 Å². The van der Waals surface area contributed by atoms with E-state index < -0.39 is 23.6 Å². The number of hydrogen-bond acceptors (Lipinski definition) is 9. The molecule has 3 rings (SSSR count). The van der Waals surface area contributed by atoms with E-state index in [-0.39, 0.29) is 35.8 Å². The molecular weight excluding hydrogens is 464 g/mol. The number of ketones is 1. The van der Waals surface area contributed by atoms with E-state index in [2.05, 4.69) is 16.8 Å². The van der Waals surface area contributed by atoms with Crippen LogP contribution in [0.3, 0.4) is 0 Å². The van der Waals surface area contributed by atoms with Crippen LogP contribution < -0.4 is 4.74 Å². The highest BCUT2D eigenvalue weighted by Gasteiger charge is 2.19. The normalized spacial score (nSPS) is 11.7. The molecule has 9 nitrogen and oxygen atoms in total. The first kappa shape index (κ1) is 26.1. The predicted octanol–water partition coefficient (Wildman–Crippen LogP) is 5.26. The van der Waals surface area contributed by atoms with Crippen LogP contribution in [0.2, 0.25) is 0 Å². The third kappa shape index (κ3) is 6.77. The lowest BCUT2D eigenvalue weighted by Gasteiger charge is -2.17. The van der Waals surface area contributed by atoms with Crippen molar-refractivity contribution in [3.8, 4) is 17.2 Å². The van der Waals surface area contributed by atoms with Gasteiger partial charge in [0.25, 0.3) is 0 Å². The Hall–Kier alpha value is -4.50. The molecular formula is C27H26N2O7. The van der Waals surface area contributed by atoms with Gasteiger partial charge in [0.15, 0.2) is 23.3 Å². The second kappa shape index (κ2) is 12.3. The molecule has 0 spiro atoms. The highest BCUT2D eigenvalue weighted by molar-refractivity contribution is 6.11. The summed E-state index contributed by atoms with van der Waals surface area (Å²) in [5, 5.41) is 28.7. The average molecular weight is 491 g/mol. The first-order chi connectivity index (χ1) is 17.3. The second-order valence-electron chi connectivity index (χ2n) is 7.79. The lowest BCUT2D eigenvalue weighted by molar-refractivity contribution is -0.148. The van der Waals surface area contributed by atoms with Gasteiger partial charge in [-0.25, -0.2) is 4.79 Å². The number of carbonyl (C=O) groups is 2. The fourth-order valence-electron chi connectivity index (χ4n) is 3.06. The third-order valence-corrected chi connectivity index (χ3v) is 4.92. The number of phenolic OH excluding ortho intramolecular Hbond substituents is 2. The van der Waals surface area contributed by atoms with E-state index in [1.807, 2.05) is 0 Å². The Kier molecular flexibility index (Phi) is 8.90. The maximum absolute atomic E-state index is 12.7. The third-order valence-electron chi connectivity index (χ3n) is 4.92. The number of esters is 1. The fraction of sp³-hybridized carbons (Fsp3) is 0.185. The SMILES string of the molecule is C=C(C)C(=O)OC(COC)COc1ccc(N=Nc2c(O)ccc(C(=O)c3ccccc3)c2O)cc1. The van der Waals surface area contributed by atoms with Crippen LogP contribution in [0.25, 0.3) is 0 Å². The molecule has 0 aliphatic carbocycles. The van der Waals surface area contributed by atoms with Gasteiger partial charge in [-0.3, -0.25) is 4.79 Å². The number of carbonyl (C=O) groups excluding carboxylic acids is 2. The number of rotatable bonds is 11. The maximum Gasteiger partial charge on any atom is 0.333 e. The zero-order chi connectivity index (χ0) is 26.1. The molecule has 0 aliphatic rings. The summed E-state index contributed by atoms with van der Waals surface area (Å²) in [5.41, 5.74) is 0.841. The lowest BCUT2D eigenvalue weighted by Crippen LogP contribution is -2.29. The van der Waals surface area contributed by atoms with Gasteiger partial charge in [0.1, 0.15) is 18.1 Å². The first-order valence-corrected chi connectivity index (χ1v) is 10.9. The van der Waals surface area contributed by atoms with Crippen LogP contribution >= 0.6 is 0 Å². The Labute approximate surface area is 208 Å². The minimum Gasteiger partial charge on any atom is -0.505 e. The standard InChI is InChI=1S/C27H26N2O7/c1-17(2)27(33)36-21(15-34-3)16-35-20-11-9-19(10-12-20)28-29-24-23(30)14-13-22(26(24)32)25(31)18-7-5-4-6-8-18/h4-14,21,30,32H,1,15-16H2,2-3H3. The Morgan fingerprint density at radius 3 is 2.28 bits per heavy atom. The molecule has 186 valence electrons. The number of phenols is 2. The van der Waals surface area contributed by atoms with Gasteiger partial charge < -0.3 is 24.4 Å². The van der Waals surface area contributed by atoms with Crippen LogP contribution in [0.15, 0.2) is 89.1 Å². The molecule has 0 saturated carbocycles. The van der Waals surface area contributed by atoms with Gasteiger partial charge in [-0.05, 0) is 43.3 Å². The number of methoxy groups -OCH3 is 1. The van der Waals surface area contributed by atoms with Crippen LogP contribution in [0.1, 0.15) is 22.8 Å². The van der Waals surface area contributed by atoms with Crippen LogP contribution in [0.5, 0.6) is 17.2 Å². The smallest absolute Gasteiger partial charge is 0.333 e. The molecule has 0 heterocycles. The molecule has 0 saturated heterocycles. The highest BCUT2D eigenvalue weighted by Crippen LogP contribution is 2.40. The van der Waals surface area contributed by atoms with Crippen molar-refractivity contribution in [1.29, 1.82) is 0 Å². The lowest BCUT2D eigenvalue weighted by atomic mass is 10.0. The van der Waals surface area contributed by atoms with Crippen LogP contribution in [-0.4, -0.2) is 48.4 Å². The van der Waals surface area contributed by atoms with Crippen molar-refractivity contribution in [3.05, 3.63) is 90.0 Å². The summed E-state index contributed by atoms with van der Waals surface area (Å²) < 4.78 is 16.0. The zero-order valence-electron chi connectivity index (χ0n) is 19.9. The maximum atomic E-state index is 12.7. The number of aromatic hydroxyl groups is 2. The molecule has 0 aliphatic heterocycles. The molecule has 0 radical (unpaired) electrons. The molecule has 36 heavy (non-hydrogen) atoms. The van der Waals surface area contributed by atoms with Gasteiger partial charge in [-0.15, -0.1) is 5.11 Å². The topological polar surface area (TPSA) is 127 Å². The van der Waals surface area contributed by atoms with E-state index in [1.54, 1.807) is 61.5 Å². The van der Waals surface area contributed by atoms with Crippen LogP contribution in [0, 0.1) is 0 Å². The van der Waals surface area contributed by atoms with Gasteiger partial charge in [-0.2, -0.15) is 5.11 Å². The van der Waals surface area contributed by atoms with E-state index in [4.69, 9.17) is 14.2 Å². The van der Waals surface area contributed by atoms with Crippen LogP contribution in [-0.2, 0) is 14.3 Å². The summed E-state index contributed by atoms with van der Waals surface area (Å²) in [4.78, 5) is 24.5. The van der Waals surface area contributed by atoms with Gasteiger partial charge in [-0.1, -0.05) is 36.9 Å². The Balaban J connectivity index is 1.70. The molecule has 3 aromatic carbocycles. The monoisotopic (exact) mass is 490 g/mol. The molecule has 0 amide bonds. The van der Waals surface area contributed by atoms with Crippen LogP contribution in [0.4, 0.5) is 11.4 Å². The molecule has 9 heteroatoms. The molecule has 0 fully saturated rings. The summed E-state index contributed by atoms with van der Waals surface area (Å²) in [6.45, 7) is 5.33. The first-order valence-electron chi connectivity index (χ1n) is 10.9. The van der Waals surface area contributed by atoms with Crippen molar-refractivity contribution in [2.45, 2.75) is 13.0 Å². The molecule has 0 bridgehead atoms. The largest absolute Gasteiger partial charge is 0.505 e. The van der Waals surface area contributed by atoms with Gasteiger partial charge >= 0.3 is 5.97 Å². The minimum absolute atomic E-state index is 0.00494. The van der Waals surface area contributed by atoms with E-state index in [9.17, 15) is 19.8 Å². The zero-order valence-corrected chi connectivity index (χ0v) is 19.9. The highest BCUT2D eigenvalue weighted by atomic mass is 16.6. The Bertz CT molecular complexity index is 1260.